The van der Waals surface area contributed by atoms with Crippen molar-refractivity contribution in [2.45, 2.75) is 59.1 Å². The summed E-state index contributed by atoms with van der Waals surface area (Å²) in [7, 11) is 0. The van der Waals surface area contributed by atoms with Gasteiger partial charge in [-0.3, -0.25) is 0 Å². The Morgan fingerprint density at radius 1 is 1.13 bits per heavy atom. The van der Waals surface area contributed by atoms with Crippen LogP contribution in [0.2, 0.25) is 0 Å². The molecule has 1 heterocycles. The molecule has 30 heavy (non-hydrogen) atoms. The van der Waals surface area contributed by atoms with Crippen molar-refractivity contribution in [2.24, 2.45) is 0 Å². The zero-order valence-corrected chi connectivity index (χ0v) is 18.3. The Morgan fingerprint density at radius 3 is 2.33 bits per heavy atom. The van der Waals surface area contributed by atoms with Crippen molar-refractivity contribution in [2.75, 3.05) is 13.2 Å². The summed E-state index contributed by atoms with van der Waals surface area (Å²) in [6, 6.07) is 6.47. The second kappa shape index (κ2) is 9.65. The summed E-state index contributed by atoms with van der Waals surface area (Å²) in [5.41, 5.74) is 1.58. The molecule has 1 aromatic rings. The number of hydrogen-bond donors (Lipinski definition) is 2. The van der Waals surface area contributed by atoms with Gasteiger partial charge in [0.15, 0.2) is 6.10 Å². The summed E-state index contributed by atoms with van der Waals surface area (Å²) in [5, 5.41) is 5.09. The molecule has 0 spiro atoms. The van der Waals surface area contributed by atoms with Crippen molar-refractivity contribution in [3.8, 4) is 5.75 Å². The molecule has 0 saturated heterocycles. The number of carbonyl (C=O) groups is 3. The number of esters is 2. The molecule has 8 nitrogen and oxygen atoms in total. The lowest BCUT2D eigenvalue weighted by molar-refractivity contribution is -0.150. The lowest BCUT2D eigenvalue weighted by atomic mass is 9.87. The first-order valence-corrected chi connectivity index (χ1v) is 9.94. The summed E-state index contributed by atoms with van der Waals surface area (Å²) in [6.45, 7) is 11.2. The number of rotatable bonds is 7. The molecule has 1 aromatic carbocycles. The minimum absolute atomic E-state index is 0.0177. The Labute approximate surface area is 176 Å². The summed E-state index contributed by atoms with van der Waals surface area (Å²) in [6.07, 6.45) is -0.869. The lowest BCUT2D eigenvalue weighted by Crippen LogP contribution is -2.50. The van der Waals surface area contributed by atoms with Crippen LogP contribution in [0.5, 0.6) is 5.75 Å². The summed E-state index contributed by atoms with van der Waals surface area (Å²) < 4.78 is 16.0. The van der Waals surface area contributed by atoms with Crippen molar-refractivity contribution in [3.63, 3.8) is 0 Å². The molecule has 0 bridgehead atoms. The van der Waals surface area contributed by atoms with E-state index in [9.17, 15) is 14.4 Å². The third-order valence-corrected chi connectivity index (χ3v) is 4.59. The molecule has 0 saturated carbocycles. The molecule has 1 aliphatic heterocycles. The first-order valence-electron chi connectivity index (χ1n) is 9.94. The average molecular weight is 418 g/mol. The SMILES string of the molecule is CCOC(=O)C1=C(COC(=O)C(C)Oc2ccc(C(C)(C)C)cc2)NC(=O)NC1C. The average Bonchev–Trinajstić information content (AvgIpc) is 2.65. The molecule has 164 valence electrons. The van der Waals surface area contributed by atoms with E-state index in [0.29, 0.717) is 5.75 Å². The lowest BCUT2D eigenvalue weighted by Gasteiger charge is -2.26. The fourth-order valence-corrected chi connectivity index (χ4v) is 2.94. The molecular weight excluding hydrogens is 388 g/mol. The minimum atomic E-state index is -0.869. The van der Waals surface area contributed by atoms with Crippen LogP contribution < -0.4 is 15.4 Å². The molecule has 0 aromatic heterocycles. The monoisotopic (exact) mass is 418 g/mol. The van der Waals surface area contributed by atoms with E-state index in [-0.39, 0.29) is 29.9 Å². The number of urea groups is 1. The van der Waals surface area contributed by atoms with Crippen molar-refractivity contribution < 1.29 is 28.6 Å². The van der Waals surface area contributed by atoms with E-state index in [1.54, 1.807) is 32.9 Å². The molecule has 0 aliphatic carbocycles. The Balaban J connectivity index is 2.02. The highest BCUT2D eigenvalue weighted by Crippen LogP contribution is 2.24. The molecule has 2 N–H and O–H groups in total. The van der Waals surface area contributed by atoms with Gasteiger partial charge in [0.05, 0.1) is 23.9 Å². The highest BCUT2D eigenvalue weighted by molar-refractivity contribution is 5.94. The van der Waals surface area contributed by atoms with Gasteiger partial charge in [0.1, 0.15) is 12.4 Å². The first-order chi connectivity index (χ1) is 14.0. The molecule has 2 amide bonds. The minimum Gasteiger partial charge on any atom is -0.479 e. The highest BCUT2D eigenvalue weighted by atomic mass is 16.6. The fraction of sp³-hybridized carbons (Fsp3) is 0.500. The predicted molar refractivity (Wildman–Crippen MR) is 111 cm³/mol. The fourth-order valence-electron chi connectivity index (χ4n) is 2.94. The van der Waals surface area contributed by atoms with Crippen molar-refractivity contribution in [1.82, 2.24) is 10.6 Å². The summed E-state index contributed by atoms with van der Waals surface area (Å²) >= 11 is 0. The van der Waals surface area contributed by atoms with E-state index in [0.717, 1.165) is 5.56 Å². The third-order valence-electron chi connectivity index (χ3n) is 4.59. The van der Waals surface area contributed by atoms with E-state index in [1.807, 2.05) is 12.1 Å². The van der Waals surface area contributed by atoms with E-state index >= 15 is 0 Å². The predicted octanol–water partition coefficient (Wildman–Crippen LogP) is 2.81. The second-order valence-electron chi connectivity index (χ2n) is 8.08. The van der Waals surface area contributed by atoms with Crippen LogP contribution in [-0.2, 0) is 24.5 Å². The van der Waals surface area contributed by atoms with Gasteiger partial charge in [0, 0.05) is 0 Å². The van der Waals surface area contributed by atoms with Crippen LogP contribution in [0.4, 0.5) is 4.79 Å². The van der Waals surface area contributed by atoms with Crippen molar-refractivity contribution >= 4 is 18.0 Å². The summed E-state index contributed by atoms with van der Waals surface area (Å²) in [4.78, 5) is 36.3. The standard InChI is InChI=1S/C22H30N2O6/c1-7-28-20(26)18-13(2)23-21(27)24-17(18)12-29-19(25)14(3)30-16-10-8-15(9-11-16)22(4,5)6/h8-11,13-14H,7,12H2,1-6H3,(H2,23,24,27). The third kappa shape index (κ3) is 5.98. The number of carbonyl (C=O) groups excluding carboxylic acids is 3. The van der Waals surface area contributed by atoms with E-state index in [1.165, 1.54) is 0 Å². The van der Waals surface area contributed by atoms with Gasteiger partial charge >= 0.3 is 18.0 Å². The normalized spacial score (nSPS) is 17.5. The van der Waals surface area contributed by atoms with Gasteiger partial charge in [-0.25, -0.2) is 14.4 Å². The second-order valence-corrected chi connectivity index (χ2v) is 8.08. The van der Waals surface area contributed by atoms with Gasteiger partial charge in [-0.15, -0.1) is 0 Å². The molecule has 8 heteroatoms. The molecule has 0 radical (unpaired) electrons. The number of nitrogens with one attached hydrogen (secondary N) is 2. The van der Waals surface area contributed by atoms with Crippen LogP contribution in [-0.4, -0.2) is 43.3 Å². The zero-order valence-electron chi connectivity index (χ0n) is 18.3. The number of benzene rings is 1. The van der Waals surface area contributed by atoms with E-state index in [2.05, 4.69) is 31.4 Å². The van der Waals surface area contributed by atoms with E-state index < -0.39 is 30.1 Å². The topological polar surface area (TPSA) is 103 Å². The van der Waals surface area contributed by atoms with Crippen LogP contribution in [0.1, 0.15) is 47.1 Å². The number of ether oxygens (including phenoxy) is 3. The van der Waals surface area contributed by atoms with Crippen LogP contribution in [0.25, 0.3) is 0 Å². The molecule has 2 atom stereocenters. The van der Waals surface area contributed by atoms with Crippen molar-refractivity contribution in [3.05, 3.63) is 41.1 Å². The van der Waals surface area contributed by atoms with Gasteiger partial charge in [-0.1, -0.05) is 32.9 Å². The Hall–Kier alpha value is -3.03. The van der Waals surface area contributed by atoms with Crippen LogP contribution in [0.3, 0.4) is 0 Å². The van der Waals surface area contributed by atoms with Crippen LogP contribution in [0.15, 0.2) is 35.5 Å². The van der Waals surface area contributed by atoms with Gasteiger partial charge < -0.3 is 24.8 Å². The van der Waals surface area contributed by atoms with Crippen LogP contribution >= 0.6 is 0 Å². The highest BCUT2D eigenvalue weighted by Gasteiger charge is 2.30. The van der Waals surface area contributed by atoms with E-state index in [4.69, 9.17) is 14.2 Å². The Bertz CT molecular complexity index is 823. The molecule has 1 aliphatic rings. The smallest absolute Gasteiger partial charge is 0.347 e. The van der Waals surface area contributed by atoms with Gasteiger partial charge in [-0.05, 0) is 43.9 Å². The maximum absolute atomic E-state index is 12.4. The molecule has 2 unspecified atom stereocenters. The largest absolute Gasteiger partial charge is 0.479 e. The first kappa shape index (κ1) is 23.3. The molecular formula is C22H30N2O6. The summed E-state index contributed by atoms with van der Waals surface area (Å²) in [5.74, 6) is -0.652. The number of hydrogen-bond acceptors (Lipinski definition) is 6. The Kier molecular flexibility index (Phi) is 7.48. The quantitative estimate of drug-likeness (QED) is 0.660. The van der Waals surface area contributed by atoms with Gasteiger partial charge in [-0.2, -0.15) is 0 Å². The maximum Gasteiger partial charge on any atom is 0.347 e. The van der Waals surface area contributed by atoms with Gasteiger partial charge in [0.2, 0.25) is 0 Å². The number of amides is 2. The maximum atomic E-state index is 12.4. The zero-order chi connectivity index (χ0) is 22.5. The Morgan fingerprint density at radius 2 is 1.77 bits per heavy atom. The molecule has 0 fully saturated rings. The van der Waals surface area contributed by atoms with Crippen molar-refractivity contribution in [1.29, 1.82) is 0 Å². The van der Waals surface area contributed by atoms with Gasteiger partial charge in [0.25, 0.3) is 0 Å². The van der Waals surface area contributed by atoms with Crippen LogP contribution in [0, 0.1) is 0 Å². The molecule has 2 rings (SSSR count).